The van der Waals surface area contributed by atoms with Gasteiger partial charge in [-0.25, -0.2) is 0 Å². The molecule has 0 unspecified atom stereocenters. The quantitative estimate of drug-likeness (QED) is 0.710. The van der Waals surface area contributed by atoms with Crippen LogP contribution >= 0.6 is 0 Å². The highest BCUT2D eigenvalue weighted by Crippen LogP contribution is 2.08. The molecule has 0 aliphatic heterocycles. The van der Waals surface area contributed by atoms with Crippen molar-refractivity contribution in [3.63, 3.8) is 0 Å². The van der Waals surface area contributed by atoms with E-state index in [4.69, 9.17) is 5.73 Å². The fourth-order valence-corrected chi connectivity index (χ4v) is 1.42. The highest BCUT2D eigenvalue weighted by atomic mass is 14.5. The number of allylic oxidation sites excluding steroid dienone is 1. The molecule has 0 aliphatic rings. The van der Waals surface area contributed by atoms with E-state index < -0.39 is 0 Å². The first-order valence-electron chi connectivity index (χ1n) is 6.18. The van der Waals surface area contributed by atoms with Gasteiger partial charge in [-0.1, -0.05) is 48.1 Å². The summed E-state index contributed by atoms with van der Waals surface area (Å²) in [5, 5.41) is 0. The smallest absolute Gasteiger partial charge is 0.000754 e. The SMILES string of the molecule is C=C(N)CCC(C)C.CC(C)CC(C)C. The Kier molecular flexibility index (Phi) is 11.4. The summed E-state index contributed by atoms with van der Waals surface area (Å²) in [7, 11) is 0. The maximum Gasteiger partial charge on any atom is 0.000754 e. The lowest BCUT2D eigenvalue weighted by Gasteiger charge is -2.05. The lowest BCUT2D eigenvalue weighted by atomic mass is 10.0. The minimum absolute atomic E-state index is 0.746. The van der Waals surface area contributed by atoms with Crippen LogP contribution in [0.1, 0.15) is 60.8 Å². The molecule has 0 aromatic heterocycles. The highest BCUT2D eigenvalue weighted by molar-refractivity contribution is 4.85. The minimum atomic E-state index is 0.746. The molecule has 0 radical (unpaired) electrons. The van der Waals surface area contributed by atoms with Crippen LogP contribution in [0.3, 0.4) is 0 Å². The highest BCUT2D eigenvalue weighted by Gasteiger charge is 1.95. The summed E-state index contributed by atoms with van der Waals surface area (Å²) in [6.45, 7) is 17.0. The molecular formula is C14H31N. The lowest BCUT2D eigenvalue weighted by Crippen LogP contribution is -1.96. The molecule has 0 atom stereocenters. The second-order valence-corrected chi connectivity index (χ2v) is 5.61. The van der Waals surface area contributed by atoms with E-state index in [-0.39, 0.29) is 0 Å². The van der Waals surface area contributed by atoms with Crippen molar-refractivity contribution in [2.45, 2.75) is 60.8 Å². The predicted octanol–water partition coefficient (Wildman–Crippen LogP) is 4.58. The Morgan fingerprint density at radius 3 is 1.40 bits per heavy atom. The van der Waals surface area contributed by atoms with Crippen LogP contribution in [0.2, 0.25) is 0 Å². The van der Waals surface area contributed by atoms with Crippen molar-refractivity contribution in [3.05, 3.63) is 12.3 Å². The van der Waals surface area contributed by atoms with E-state index in [9.17, 15) is 0 Å². The third-order valence-corrected chi connectivity index (χ3v) is 1.99. The summed E-state index contributed by atoms with van der Waals surface area (Å²) in [5.74, 6) is 2.50. The van der Waals surface area contributed by atoms with Crippen molar-refractivity contribution in [2.75, 3.05) is 0 Å². The Bertz CT molecular complexity index is 139. The third kappa shape index (κ3) is 24.7. The van der Waals surface area contributed by atoms with Gasteiger partial charge in [-0.2, -0.15) is 0 Å². The molecule has 2 N–H and O–H groups in total. The fourth-order valence-electron chi connectivity index (χ4n) is 1.42. The molecule has 0 aromatic carbocycles. The second-order valence-electron chi connectivity index (χ2n) is 5.61. The van der Waals surface area contributed by atoms with E-state index in [0.717, 1.165) is 36.3 Å². The number of hydrogen-bond donors (Lipinski definition) is 1. The van der Waals surface area contributed by atoms with Gasteiger partial charge < -0.3 is 5.73 Å². The first-order valence-corrected chi connectivity index (χ1v) is 6.18. The summed E-state index contributed by atoms with van der Waals surface area (Å²) in [6.07, 6.45) is 3.49. The molecule has 1 nitrogen and oxygen atoms in total. The molecule has 0 aromatic rings. The van der Waals surface area contributed by atoms with E-state index in [1.165, 1.54) is 6.42 Å². The molecule has 0 saturated heterocycles. The van der Waals surface area contributed by atoms with Gasteiger partial charge in [-0.05, 0) is 37.0 Å². The largest absolute Gasteiger partial charge is 0.403 e. The molecular weight excluding hydrogens is 182 g/mol. The lowest BCUT2D eigenvalue weighted by molar-refractivity contribution is 0.469. The molecule has 0 rings (SSSR count). The van der Waals surface area contributed by atoms with Gasteiger partial charge in [0.1, 0.15) is 0 Å². The Morgan fingerprint density at radius 1 is 0.933 bits per heavy atom. The summed E-state index contributed by atoms with van der Waals surface area (Å²) in [5.41, 5.74) is 6.15. The molecule has 0 amide bonds. The Hall–Kier alpha value is -0.460. The Morgan fingerprint density at radius 2 is 1.33 bits per heavy atom. The van der Waals surface area contributed by atoms with E-state index in [1.807, 2.05) is 0 Å². The van der Waals surface area contributed by atoms with Crippen LogP contribution in [-0.2, 0) is 0 Å². The summed E-state index contributed by atoms with van der Waals surface area (Å²) in [6, 6.07) is 0. The molecule has 0 fully saturated rings. The van der Waals surface area contributed by atoms with E-state index in [1.54, 1.807) is 0 Å². The van der Waals surface area contributed by atoms with Gasteiger partial charge in [0.25, 0.3) is 0 Å². The molecule has 15 heavy (non-hydrogen) atoms. The maximum atomic E-state index is 5.35. The van der Waals surface area contributed by atoms with Crippen LogP contribution in [-0.4, -0.2) is 0 Å². The molecule has 1 heteroatoms. The molecule has 92 valence electrons. The first-order chi connectivity index (χ1) is 6.75. The van der Waals surface area contributed by atoms with Crippen LogP contribution in [0.25, 0.3) is 0 Å². The van der Waals surface area contributed by atoms with Crippen LogP contribution in [0, 0.1) is 17.8 Å². The van der Waals surface area contributed by atoms with Crippen molar-refractivity contribution in [1.29, 1.82) is 0 Å². The van der Waals surface area contributed by atoms with Gasteiger partial charge in [0.05, 0.1) is 0 Å². The third-order valence-electron chi connectivity index (χ3n) is 1.99. The minimum Gasteiger partial charge on any atom is -0.403 e. The van der Waals surface area contributed by atoms with Crippen molar-refractivity contribution in [3.8, 4) is 0 Å². The van der Waals surface area contributed by atoms with Crippen molar-refractivity contribution in [1.82, 2.24) is 0 Å². The molecule has 0 heterocycles. The zero-order valence-electron chi connectivity index (χ0n) is 11.6. The summed E-state index contributed by atoms with van der Waals surface area (Å²) < 4.78 is 0. The van der Waals surface area contributed by atoms with Gasteiger partial charge in [0, 0.05) is 5.70 Å². The monoisotopic (exact) mass is 213 g/mol. The summed E-state index contributed by atoms with van der Waals surface area (Å²) >= 11 is 0. The number of rotatable bonds is 5. The van der Waals surface area contributed by atoms with E-state index in [2.05, 4.69) is 48.1 Å². The van der Waals surface area contributed by atoms with Crippen LogP contribution in [0.5, 0.6) is 0 Å². The van der Waals surface area contributed by atoms with Crippen molar-refractivity contribution in [2.24, 2.45) is 23.5 Å². The van der Waals surface area contributed by atoms with Crippen LogP contribution < -0.4 is 5.73 Å². The van der Waals surface area contributed by atoms with Crippen LogP contribution in [0.15, 0.2) is 12.3 Å². The molecule has 0 spiro atoms. The topological polar surface area (TPSA) is 26.0 Å². The predicted molar refractivity (Wildman–Crippen MR) is 71.7 cm³/mol. The summed E-state index contributed by atoms with van der Waals surface area (Å²) in [4.78, 5) is 0. The number of hydrogen-bond acceptors (Lipinski definition) is 1. The standard InChI is InChI=1S/C7H15N.C7H16/c1-6(2)4-5-7(3)8;1-6(2)5-7(3)4/h6H,3-5,8H2,1-2H3;6-7H,5H2,1-4H3. The first kappa shape index (κ1) is 17.0. The van der Waals surface area contributed by atoms with Gasteiger partial charge in [-0.15, -0.1) is 0 Å². The van der Waals surface area contributed by atoms with E-state index in [0.29, 0.717) is 0 Å². The van der Waals surface area contributed by atoms with Crippen molar-refractivity contribution >= 4 is 0 Å². The Labute approximate surface area is 97.1 Å². The molecule has 0 aliphatic carbocycles. The van der Waals surface area contributed by atoms with Gasteiger partial charge in [-0.3, -0.25) is 0 Å². The average molecular weight is 213 g/mol. The maximum absolute atomic E-state index is 5.35. The second kappa shape index (κ2) is 10.1. The zero-order valence-corrected chi connectivity index (χ0v) is 11.6. The average Bonchev–Trinajstić information content (AvgIpc) is 1.99. The van der Waals surface area contributed by atoms with E-state index >= 15 is 0 Å². The fraction of sp³-hybridized carbons (Fsp3) is 0.857. The van der Waals surface area contributed by atoms with Crippen LogP contribution in [0.4, 0.5) is 0 Å². The van der Waals surface area contributed by atoms with Crippen molar-refractivity contribution < 1.29 is 0 Å². The van der Waals surface area contributed by atoms with Gasteiger partial charge in [0.15, 0.2) is 0 Å². The normalized spacial score (nSPS) is 10.5. The zero-order chi connectivity index (χ0) is 12.4. The Balaban J connectivity index is 0. The molecule has 0 saturated carbocycles. The van der Waals surface area contributed by atoms with Gasteiger partial charge >= 0.3 is 0 Å². The number of nitrogens with two attached hydrogens (primary N) is 1. The molecule has 0 bridgehead atoms. The van der Waals surface area contributed by atoms with Gasteiger partial charge in [0.2, 0.25) is 0 Å².